The Kier molecular flexibility index (Phi) is 2.79. The Balaban J connectivity index is 2.20. The Bertz CT molecular complexity index is 593. The molecule has 1 N–H and O–H groups in total. The predicted molar refractivity (Wildman–Crippen MR) is 73.4 cm³/mol. The van der Waals surface area contributed by atoms with Gasteiger partial charge in [0.15, 0.2) is 0 Å². The first kappa shape index (κ1) is 11.9. The van der Waals surface area contributed by atoms with Crippen LogP contribution in [0.15, 0.2) is 34.9 Å². The van der Waals surface area contributed by atoms with Crippen molar-refractivity contribution in [1.29, 1.82) is 0 Å². The van der Waals surface area contributed by atoms with Crippen molar-refractivity contribution < 1.29 is 5.11 Å². The molecule has 0 aliphatic heterocycles. The summed E-state index contributed by atoms with van der Waals surface area (Å²) < 4.78 is 2.75. The van der Waals surface area contributed by atoms with Gasteiger partial charge in [-0.3, -0.25) is 4.68 Å². The lowest BCUT2D eigenvalue weighted by Crippen LogP contribution is -2.28. The van der Waals surface area contributed by atoms with Crippen LogP contribution in [0.3, 0.4) is 0 Å². The van der Waals surface area contributed by atoms with Crippen molar-refractivity contribution >= 4 is 15.9 Å². The number of aromatic nitrogens is 2. The zero-order valence-corrected chi connectivity index (χ0v) is 11.8. The monoisotopic (exact) mass is 306 g/mol. The average Bonchev–Trinajstić information content (AvgIpc) is 2.92. The van der Waals surface area contributed by atoms with Crippen LogP contribution in [0.1, 0.15) is 30.2 Å². The number of benzene rings is 1. The van der Waals surface area contributed by atoms with Gasteiger partial charge >= 0.3 is 0 Å². The number of aliphatic hydroxyl groups is 1. The number of halogens is 1. The third-order valence-electron chi connectivity index (χ3n) is 3.71. The van der Waals surface area contributed by atoms with Gasteiger partial charge in [-0.1, -0.05) is 24.3 Å². The van der Waals surface area contributed by atoms with Crippen LogP contribution in [-0.2, 0) is 18.6 Å². The molecule has 4 heteroatoms. The van der Waals surface area contributed by atoms with Crippen molar-refractivity contribution in [3.05, 3.63) is 51.8 Å². The summed E-state index contributed by atoms with van der Waals surface area (Å²) in [4.78, 5) is 0. The maximum absolute atomic E-state index is 11.1. The number of hydrogen-bond donors (Lipinski definition) is 1. The summed E-state index contributed by atoms with van der Waals surface area (Å²) in [7, 11) is 0. The van der Waals surface area contributed by atoms with Gasteiger partial charge in [0, 0.05) is 6.54 Å². The Hall–Kier alpha value is -1.13. The molecule has 0 spiro atoms. The first-order valence-electron chi connectivity index (χ1n) is 6.19. The quantitative estimate of drug-likeness (QED) is 0.926. The fraction of sp³-hybridized carbons (Fsp3) is 0.357. The lowest BCUT2D eigenvalue weighted by Gasteiger charge is -2.25. The molecule has 3 rings (SSSR count). The van der Waals surface area contributed by atoms with Crippen LogP contribution in [-0.4, -0.2) is 14.9 Å². The van der Waals surface area contributed by atoms with E-state index in [4.69, 9.17) is 0 Å². The van der Waals surface area contributed by atoms with Crippen LogP contribution in [0.5, 0.6) is 0 Å². The molecule has 0 radical (unpaired) electrons. The summed E-state index contributed by atoms with van der Waals surface area (Å²) >= 11 is 3.51. The minimum Gasteiger partial charge on any atom is -0.379 e. The fourth-order valence-corrected chi connectivity index (χ4v) is 3.48. The first-order chi connectivity index (χ1) is 8.66. The fourth-order valence-electron chi connectivity index (χ4n) is 2.85. The van der Waals surface area contributed by atoms with Crippen LogP contribution < -0.4 is 0 Å². The number of nitrogens with zero attached hydrogens (tertiary/aromatic N) is 2. The van der Waals surface area contributed by atoms with Crippen molar-refractivity contribution in [1.82, 2.24) is 9.78 Å². The number of aryl methyl sites for hydroxylation is 2. The minimum atomic E-state index is -0.915. The van der Waals surface area contributed by atoms with E-state index in [2.05, 4.69) is 27.1 Å². The van der Waals surface area contributed by atoms with Crippen LogP contribution >= 0.6 is 15.9 Å². The molecule has 1 heterocycles. The lowest BCUT2D eigenvalue weighted by molar-refractivity contribution is 0.0722. The Labute approximate surface area is 115 Å². The molecule has 0 amide bonds. The van der Waals surface area contributed by atoms with E-state index >= 15 is 0 Å². The van der Waals surface area contributed by atoms with Gasteiger partial charge in [0.25, 0.3) is 0 Å². The Morgan fingerprint density at radius 3 is 3.00 bits per heavy atom. The normalized spacial score (nSPS) is 22.2. The van der Waals surface area contributed by atoms with E-state index in [0.717, 1.165) is 35.1 Å². The number of rotatable bonds is 2. The molecule has 0 fully saturated rings. The molecule has 1 aliphatic carbocycles. The van der Waals surface area contributed by atoms with E-state index in [9.17, 15) is 5.11 Å². The molecule has 3 nitrogen and oxygen atoms in total. The second-order valence-corrected chi connectivity index (χ2v) is 5.53. The van der Waals surface area contributed by atoms with Gasteiger partial charge in [-0.05, 0) is 46.8 Å². The highest BCUT2D eigenvalue weighted by Crippen LogP contribution is 2.44. The van der Waals surface area contributed by atoms with Crippen molar-refractivity contribution in [3.63, 3.8) is 0 Å². The predicted octanol–water partition coefficient (Wildman–Crippen LogP) is 2.85. The molecular formula is C14H15BrN2O. The maximum atomic E-state index is 11.1. The third-order valence-corrected chi connectivity index (χ3v) is 4.29. The molecule has 94 valence electrons. The zero-order chi connectivity index (χ0) is 12.8. The Morgan fingerprint density at radius 2 is 2.22 bits per heavy atom. The molecule has 2 aromatic rings. The van der Waals surface area contributed by atoms with E-state index in [-0.39, 0.29) is 0 Å². The van der Waals surface area contributed by atoms with E-state index in [1.807, 2.05) is 29.8 Å². The van der Waals surface area contributed by atoms with Gasteiger partial charge in [-0.25, -0.2) is 0 Å². The first-order valence-corrected chi connectivity index (χ1v) is 6.98. The minimum absolute atomic E-state index is 0.719. The van der Waals surface area contributed by atoms with E-state index < -0.39 is 5.60 Å². The molecule has 1 atom stereocenters. The van der Waals surface area contributed by atoms with E-state index in [1.165, 1.54) is 5.56 Å². The number of fused-ring (bicyclic) bond motifs is 1. The molecule has 0 bridgehead atoms. The summed E-state index contributed by atoms with van der Waals surface area (Å²) in [5.41, 5.74) is 2.20. The molecule has 1 aliphatic rings. The molecule has 0 saturated heterocycles. The van der Waals surface area contributed by atoms with E-state index in [0.29, 0.717) is 0 Å². The van der Waals surface area contributed by atoms with Crippen LogP contribution in [0.2, 0.25) is 0 Å². The van der Waals surface area contributed by atoms with Crippen LogP contribution in [0.25, 0.3) is 0 Å². The second kappa shape index (κ2) is 4.21. The Morgan fingerprint density at radius 1 is 1.44 bits per heavy atom. The van der Waals surface area contributed by atoms with Gasteiger partial charge < -0.3 is 5.11 Å². The molecule has 0 saturated carbocycles. The lowest BCUT2D eigenvalue weighted by atomic mass is 9.92. The molecule has 1 aromatic heterocycles. The third kappa shape index (κ3) is 1.56. The summed E-state index contributed by atoms with van der Waals surface area (Å²) in [6.07, 6.45) is 3.39. The molecule has 1 aromatic carbocycles. The van der Waals surface area contributed by atoms with Gasteiger partial charge in [0.05, 0.1) is 16.4 Å². The van der Waals surface area contributed by atoms with Crippen molar-refractivity contribution in [2.75, 3.05) is 0 Å². The van der Waals surface area contributed by atoms with Crippen molar-refractivity contribution in [2.24, 2.45) is 0 Å². The largest absolute Gasteiger partial charge is 0.379 e. The van der Waals surface area contributed by atoms with Crippen molar-refractivity contribution in [2.45, 2.75) is 31.9 Å². The van der Waals surface area contributed by atoms with Crippen LogP contribution in [0, 0.1) is 0 Å². The van der Waals surface area contributed by atoms with Crippen molar-refractivity contribution in [3.8, 4) is 0 Å². The number of hydrogen-bond acceptors (Lipinski definition) is 2. The smallest absolute Gasteiger partial charge is 0.133 e. The van der Waals surface area contributed by atoms with E-state index in [1.54, 1.807) is 6.20 Å². The summed E-state index contributed by atoms with van der Waals surface area (Å²) in [5, 5.41) is 15.4. The standard InChI is InChI=1S/C14H15BrN2O/c1-2-17-13(12(15)9-16-17)14(18)8-7-10-5-3-4-6-11(10)14/h3-6,9,18H,2,7-8H2,1H3. The zero-order valence-electron chi connectivity index (χ0n) is 10.2. The SMILES string of the molecule is CCn1ncc(Br)c1C1(O)CCc2ccccc21. The average molecular weight is 307 g/mol. The summed E-state index contributed by atoms with van der Waals surface area (Å²) in [5.74, 6) is 0. The molecular weight excluding hydrogens is 292 g/mol. The summed E-state index contributed by atoms with van der Waals surface area (Å²) in [6, 6.07) is 8.11. The second-order valence-electron chi connectivity index (χ2n) is 4.67. The summed E-state index contributed by atoms with van der Waals surface area (Å²) in [6.45, 7) is 2.79. The van der Waals surface area contributed by atoms with Crippen LogP contribution in [0.4, 0.5) is 0 Å². The van der Waals surface area contributed by atoms with Gasteiger partial charge in [0.2, 0.25) is 0 Å². The van der Waals surface area contributed by atoms with Gasteiger partial charge in [0.1, 0.15) is 5.60 Å². The van der Waals surface area contributed by atoms with Gasteiger partial charge in [-0.15, -0.1) is 0 Å². The highest BCUT2D eigenvalue weighted by molar-refractivity contribution is 9.10. The topological polar surface area (TPSA) is 38.0 Å². The molecule has 18 heavy (non-hydrogen) atoms. The maximum Gasteiger partial charge on any atom is 0.133 e. The van der Waals surface area contributed by atoms with Gasteiger partial charge in [-0.2, -0.15) is 5.10 Å². The highest BCUT2D eigenvalue weighted by atomic mass is 79.9. The highest BCUT2D eigenvalue weighted by Gasteiger charge is 2.41. The molecule has 1 unspecified atom stereocenters.